The molecule has 0 bridgehead atoms. The number of hydrogen-bond donors (Lipinski definition) is 2. The summed E-state index contributed by atoms with van der Waals surface area (Å²) in [6.07, 6.45) is -0.208. The molecule has 2 amide bonds. The minimum atomic E-state index is -0.324. The van der Waals surface area contributed by atoms with Crippen molar-refractivity contribution in [2.75, 3.05) is 10.6 Å². The van der Waals surface area contributed by atoms with Crippen LogP contribution >= 0.6 is 0 Å². The van der Waals surface area contributed by atoms with E-state index in [1.54, 1.807) is 6.07 Å². The molecule has 23 heavy (non-hydrogen) atoms. The molecule has 0 aromatic heterocycles. The number of rotatable bonds is 5. The third-order valence-electron chi connectivity index (χ3n) is 3.48. The lowest BCUT2D eigenvalue weighted by molar-refractivity contribution is -0.123. The second-order valence-electron chi connectivity index (χ2n) is 5.88. The van der Waals surface area contributed by atoms with E-state index in [1.165, 1.54) is 0 Å². The average Bonchev–Trinajstić information content (AvgIpc) is 2.47. The first kappa shape index (κ1) is 16.7. The van der Waals surface area contributed by atoms with E-state index in [4.69, 9.17) is 0 Å². The molecule has 0 fully saturated rings. The first-order chi connectivity index (χ1) is 11.0. The zero-order chi connectivity index (χ0) is 16.8. The maximum Gasteiger partial charge on any atom is 0.233 e. The van der Waals surface area contributed by atoms with Crippen LogP contribution in [-0.2, 0) is 9.59 Å². The highest BCUT2D eigenvalue weighted by atomic mass is 16.2. The molecule has 0 spiro atoms. The minimum Gasteiger partial charge on any atom is -0.326 e. The van der Waals surface area contributed by atoms with Gasteiger partial charge in [-0.2, -0.15) is 0 Å². The molecule has 2 rings (SSSR count). The van der Waals surface area contributed by atoms with Gasteiger partial charge in [0, 0.05) is 11.4 Å². The van der Waals surface area contributed by atoms with Crippen molar-refractivity contribution in [2.24, 2.45) is 0 Å². The zero-order valence-corrected chi connectivity index (χ0v) is 13.7. The quantitative estimate of drug-likeness (QED) is 0.817. The SMILES string of the molecule is Cc1cccc(NC(=O)CC(=O)Nc2ccccc2C(C)C)c1. The summed E-state index contributed by atoms with van der Waals surface area (Å²) in [5.74, 6) is -0.342. The molecule has 0 aliphatic heterocycles. The van der Waals surface area contributed by atoms with Gasteiger partial charge in [0.05, 0.1) is 0 Å². The Hall–Kier alpha value is -2.62. The van der Waals surface area contributed by atoms with Gasteiger partial charge in [0.2, 0.25) is 11.8 Å². The van der Waals surface area contributed by atoms with Crippen molar-refractivity contribution in [1.82, 2.24) is 0 Å². The molecule has 0 saturated heterocycles. The average molecular weight is 310 g/mol. The van der Waals surface area contributed by atoms with E-state index in [2.05, 4.69) is 24.5 Å². The Balaban J connectivity index is 1.96. The van der Waals surface area contributed by atoms with Crippen molar-refractivity contribution in [1.29, 1.82) is 0 Å². The molecule has 120 valence electrons. The highest BCUT2D eigenvalue weighted by Crippen LogP contribution is 2.23. The maximum absolute atomic E-state index is 12.1. The number of carbonyl (C=O) groups excluding carboxylic acids is 2. The summed E-state index contributed by atoms with van der Waals surface area (Å²) in [4.78, 5) is 24.1. The molecule has 0 aliphatic rings. The molecule has 2 aromatic carbocycles. The lowest BCUT2D eigenvalue weighted by atomic mass is 10.0. The smallest absolute Gasteiger partial charge is 0.233 e. The highest BCUT2D eigenvalue weighted by molar-refractivity contribution is 6.08. The van der Waals surface area contributed by atoms with Crippen LogP contribution in [0.2, 0.25) is 0 Å². The summed E-state index contributed by atoms with van der Waals surface area (Å²) in [6, 6.07) is 15.1. The molecule has 2 aromatic rings. The van der Waals surface area contributed by atoms with E-state index < -0.39 is 0 Å². The Morgan fingerprint density at radius 3 is 2.35 bits per heavy atom. The number of carbonyl (C=O) groups is 2. The summed E-state index contributed by atoms with van der Waals surface area (Å²) in [5.41, 5.74) is 3.57. The van der Waals surface area contributed by atoms with Crippen LogP contribution in [-0.4, -0.2) is 11.8 Å². The van der Waals surface area contributed by atoms with Gasteiger partial charge in [0.1, 0.15) is 6.42 Å². The first-order valence-electron chi connectivity index (χ1n) is 7.71. The van der Waals surface area contributed by atoms with Crippen LogP contribution in [0.25, 0.3) is 0 Å². The molecule has 0 atom stereocenters. The van der Waals surface area contributed by atoms with Crippen molar-refractivity contribution in [3.05, 3.63) is 59.7 Å². The van der Waals surface area contributed by atoms with E-state index in [-0.39, 0.29) is 18.2 Å². The number of aryl methyl sites for hydroxylation is 1. The van der Waals surface area contributed by atoms with Crippen LogP contribution in [0.1, 0.15) is 37.3 Å². The fraction of sp³-hybridized carbons (Fsp3) is 0.263. The number of anilines is 2. The van der Waals surface area contributed by atoms with Gasteiger partial charge in [0.25, 0.3) is 0 Å². The second-order valence-corrected chi connectivity index (χ2v) is 5.88. The molecule has 0 saturated carbocycles. The summed E-state index contributed by atoms with van der Waals surface area (Å²) in [6.45, 7) is 6.08. The monoisotopic (exact) mass is 310 g/mol. The van der Waals surface area contributed by atoms with Crippen molar-refractivity contribution >= 4 is 23.2 Å². The van der Waals surface area contributed by atoms with E-state index >= 15 is 0 Å². The second kappa shape index (κ2) is 7.58. The van der Waals surface area contributed by atoms with Gasteiger partial charge in [-0.05, 0) is 42.2 Å². The molecule has 0 unspecified atom stereocenters. The lowest BCUT2D eigenvalue weighted by Crippen LogP contribution is -2.22. The van der Waals surface area contributed by atoms with E-state index in [1.807, 2.05) is 49.4 Å². The molecule has 0 aliphatic carbocycles. The molecule has 2 N–H and O–H groups in total. The Labute approximate surface area is 136 Å². The fourth-order valence-electron chi connectivity index (χ4n) is 2.38. The molecular formula is C19H22N2O2. The normalized spacial score (nSPS) is 10.4. The van der Waals surface area contributed by atoms with Crippen LogP contribution in [0.3, 0.4) is 0 Å². The van der Waals surface area contributed by atoms with Gasteiger partial charge in [-0.15, -0.1) is 0 Å². The molecule has 0 heterocycles. The Kier molecular flexibility index (Phi) is 5.52. The standard InChI is InChI=1S/C19H22N2O2/c1-13(2)16-9-4-5-10-17(16)21-19(23)12-18(22)20-15-8-6-7-14(3)11-15/h4-11,13H,12H2,1-3H3,(H,20,22)(H,21,23). The summed E-state index contributed by atoms with van der Waals surface area (Å²) >= 11 is 0. The topological polar surface area (TPSA) is 58.2 Å². The van der Waals surface area contributed by atoms with Crippen molar-refractivity contribution in [3.8, 4) is 0 Å². The Morgan fingerprint density at radius 1 is 0.957 bits per heavy atom. The van der Waals surface area contributed by atoms with Gasteiger partial charge < -0.3 is 10.6 Å². The molecule has 0 radical (unpaired) electrons. The predicted molar refractivity (Wildman–Crippen MR) is 93.6 cm³/mol. The van der Waals surface area contributed by atoms with Crippen LogP contribution in [0, 0.1) is 6.92 Å². The maximum atomic E-state index is 12.1. The van der Waals surface area contributed by atoms with Crippen LogP contribution in [0.4, 0.5) is 11.4 Å². The first-order valence-corrected chi connectivity index (χ1v) is 7.71. The van der Waals surface area contributed by atoms with Gasteiger partial charge in [-0.1, -0.05) is 44.2 Å². The van der Waals surface area contributed by atoms with Gasteiger partial charge in [-0.3, -0.25) is 9.59 Å². The lowest BCUT2D eigenvalue weighted by Gasteiger charge is -2.13. The summed E-state index contributed by atoms with van der Waals surface area (Å²) in [5, 5.41) is 5.56. The van der Waals surface area contributed by atoms with Crippen molar-refractivity contribution < 1.29 is 9.59 Å². The predicted octanol–water partition coefficient (Wildman–Crippen LogP) is 4.09. The van der Waals surface area contributed by atoms with Crippen LogP contribution in [0.15, 0.2) is 48.5 Å². The van der Waals surface area contributed by atoms with Gasteiger partial charge in [-0.25, -0.2) is 0 Å². The summed E-state index contributed by atoms with van der Waals surface area (Å²) in [7, 11) is 0. The number of nitrogens with one attached hydrogen (secondary N) is 2. The number of hydrogen-bond acceptors (Lipinski definition) is 2. The van der Waals surface area contributed by atoms with Gasteiger partial charge >= 0.3 is 0 Å². The Morgan fingerprint density at radius 2 is 1.65 bits per heavy atom. The summed E-state index contributed by atoms with van der Waals surface area (Å²) < 4.78 is 0. The highest BCUT2D eigenvalue weighted by Gasteiger charge is 2.13. The van der Waals surface area contributed by atoms with Crippen molar-refractivity contribution in [2.45, 2.75) is 33.1 Å². The van der Waals surface area contributed by atoms with E-state index in [9.17, 15) is 9.59 Å². The third-order valence-corrected chi connectivity index (χ3v) is 3.48. The van der Waals surface area contributed by atoms with Crippen LogP contribution < -0.4 is 10.6 Å². The van der Waals surface area contributed by atoms with Gasteiger partial charge in [0.15, 0.2) is 0 Å². The van der Waals surface area contributed by atoms with Crippen molar-refractivity contribution in [3.63, 3.8) is 0 Å². The number of amides is 2. The third kappa shape index (κ3) is 4.95. The number of para-hydroxylation sites is 1. The zero-order valence-electron chi connectivity index (χ0n) is 13.7. The molecular weight excluding hydrogens is 288 g/mol. The van der Waals surface area contributed by atoms with E-state index in [0.29, 0.717) is 11.6 Å². The fourth-order valence-corrected chi connectivity index (χ4v) is 2.38. The van der Waals surface area contributed by atoms with Crippen LogP contribution in [0.5, 0.6) is 0 Å². The van der Waals surface area contributed by atoms with E-state index in [0.717, 1.165) is 16.8 Å². The molecule has 4 heteroatoms. The largest absolute Gasteiger partial charge is 0.326 e. The number of benzene rings is 2. The minimum absolute atomic E-state index is 0.208. The Bertz CT molecular complexity index is 708. The molecule has 4 nitrogen and oxygen atoms in total.